The Morgan fingerprint density at radius 1 is 1.15 bits per heavy atom. The molecule has 1 aliphatic rings. The van der Waals surface area contributed by atoms with Crippen molar-refractivity contribution in [3.8, 4) is 5.75 Å². The van der Waals surface area contributed by atoms with Crippen LogP contribution in [-0.2, 0) is 20.2 Å². The molecule has 2 heterocycles. The van der Waals surface area contributed by atoms with E-state index in [0.717, 1.165) is 36.0 Å². The summed E-state index contributed by atoms with van der Waals surface area (Å²) in [4.78, 5) is 17.2. The number of benzene rings is 2. The molecule has 1 atom stereocenters. The highest BCUT2D eigenvalue weighted by Gasteiger charge is 2.27. The number of sulfonamides is 1. The molecule has 174 valence electrons. The van der Waals surface area contributed by atoms with Crippen LogP contribution in [-0.4, -0.2) is 33.0 Å². The molecular formula is C25H28N2O5S. The van der Waals surface area contributed by atoms with E-state index in [1.54, 1.807) is 18.2 Å². The molecule has 2 aromatic carbocycles. The number of hydrogen-bond acceptors (Lipinski definition) is 6. The largest absolute Gasteiger partial charge is 0.495 e. The van der Waals surface area contributed by atoms with E-state index in [4.69, 9.17) is 9.47 Å². The molecule has 1 aliphatic heterocycles. The highest BCUT2D eigenvalue weighted by molar-refractivity contribution is 7.90. The van der Waals surface area contributed by atoms with Crippen molar-refractivity contribution in [3.05, 3.63) is 65.4 Å². The zero-order valence-corrected chi connectivity index (χ0v) is 20.0. The van der Waals surface area contributed by atoms with Crippen molar-refractivity contribution in [1.82, 2.24) is 9.71 Å². The molecule has 7 nitrogen and oxygen atoms in total. The van der Waals surface area contributed by atoms with Gasteiger partial charge < -0.3 is 9.47 Å². The normalized spacial score (nSPS) is 16.7. The van der Waals surface area contributed by atoms with Crippen molar-refractivity contribution in [3.63, 3.8) is 0 Å². The van der Waals surface area contributed by atoms with Gasteiger partial charge in [0.2, 0.25) is 0 Å². The molecule has 0 radical (unpaired) electrons. The first kappa shape index (κ1) is 23.2. The summed E-state index contributed by atoms with van der Waals surface area (Å²) in [6.45, 7) is 6.67. The van der Waals surface area contributed by atoms with E-state index in [0.29, 0.717) is 5.52 Å². The maximum absolute atomic E-state index is 13.1. The molecule has 1 unspecified atom stereocenters. The second kappa shape index (κ2) is 8.76. The smallest absolute Gasteiger partial charge is 0.283 e. The summed E-state index contributed by atoms with van der Waals surface area (Å²) in [5, 5.41) is 0.892. The number of fused-ring (bicyclic) bond motifs is 1. The number of aromatic nitrogens is 1. The van der Waals surface area contributed by atoms with E-state index in [-0.39, 0.29) is 27.9 Å². The van der Waals surface area contributed by atoms with Crippen LogP contribution in [0.4, 0.5) is 0 Å². The maximum atomic E-state index is 13.1. The first-order chi connectivity index (χ1) is 15.6. The van der Waals surface area contributed by atoms with E-state index in [2.05, 4.69) is 9.71 Å². The van der Waals surface area contributed by atoms with E-state index >= 15 is 0 Å². The van der Waals surface area contributed by atoms with Crippen molar-refractivity contribution in [2.45, 2.75) is 50.0 Å². The average molecular weight is 469 g/mol. The van der Waals surface area contributed by atoms with Gasteiger partial charge in [0.05, 0.1) is 18.7 Å². The van der Waals surface area contributed by atoms with Gasteiger partial charge in [0, 0.05) is 12.0 Å². The molecule has 0 bridgehead atoms. The summed E-state index contributed by atoms with van der Waals surface area (Å²) >= 11 is 0. The monoisotopic (exact) mass is 468 g/mol. The summed E-state index contributed by atoms with van der Waals surface area (Å²) in [5.41, 5.74) is 2.19. The number of carbonyl (C=O) groups is 1. The molecule has 4 rings (SSSR count). The van der Waals surface area contributed by atoms with Crippen LogP contribution in [0.25, 0.3) is 10.9 Å². The van der Waals surface area contributed by atoms with Gasteiger partial charge in [0.25, 0.3) is 15.9 Å². The Hall–Kier alpha value is -2.97. The van der Waals surface area contributed by atoms with Crippen LogP contribution in [0.2, 0.25) is 0 Å². The van der Waals surface area contributed by atoms with Crippen LogP contribution in [0.3, 0.4) is 0 Å². The quantitative estimate of drug-likeness (QED) is 0.592. The van der Waals surface area contributed by atoms with Gasteiger partial charge in [-0.3, -0.25) is 4.79 Å². The van der Waals surface area contributed by atoms with Crippen molar-refractivity contribution in [1.29, 1.82) is 0 Å². The minimum absolute atomic E-state index is 0.0121. The molecule has 1 fully saturated rings. The number of methoxy groups -OCH3 is 1. The van der Waals surface area contributed by atoms with Crippen LogP contribution in [0.5, 0.6) is 5.75 Å². The highest BCUT2D eigenvalue weighted by atomic mass is 32.2. The summed E-state index contributed by atoms with van der Waals surface area (Å²) in [6, 6.07) is 13.9. The SMILES string of the molecule is COc1ccc(C(C)(C)C)cc1S(=O)(=O)NC(=O)c1ccc2c(C3CCCO3)cccc2n1. The summed E-state index contributed by atoms with van der Waals surface area (Å²) in [7, 11) is -2.80. The van der Waals surface area contributed by atoms with E-state index in [1.165, 1.54) is 19.2 Å². The number of amides is 1. The number of ether oxygens (including phenoxy) is 2. The van der Waals surface area contributed by atoms with Gasteiger partial charge in [-0.25, -0.2) is 18.1 Å². The second-order valence-corrected chi connectivity index (χ2v) is 10.8. The van der Waals surface area contributed by atoms with Crippen LogP contribution in [0.15, 0.2) is 53.4 Å². The minimum Gasteiger partial charge on any atom is -0.495 e. The summed E-state index contributed by atoms with van der Waals surface area (Å²) < 4.78 is 39.4. The molecule has 1 N–H and O–H groups in total. The molecule has 1 aromatic heterocycles. The maximum Gasteiger partial charge on any atom is 0.283 e. The fourth-order valence-corrected chi connectivity index (χ4v) is 5.15. The number of rotatable bonds is 5. The van der Waals surface area contributed by atoms with Crippen LogP contribution in [0.1, 0.15) is 61.3 Å². The van der Waals surface area contributed by atoms with E-state index < -0.39 is 15.9 Å². The molecule has 8 heteroatoms. The lowest BCUT2D eigenvalue weighted by molar-refractivity contribution is 0.0977. The zero-order valence-electron chi connectivity index (χ0n) is 19.2. The Bertz CT molecular complexity index is 1310. The molecular weight excluding hydrogens is 440 g/mol. The Kier molecular flexibility index (Phi) is 6.16. The fourth-order valence-electron chi connectivity index (χ4n) is 3.99. The summed E-state index contributed by atoms with van der Waals surface area (Å²) in [6.07, 6.45) is 1.96. The molecule has 1 amide bonds. The molecule has 0 aliphatic carbocycles. The number of hydrogen-bond donors (Lipinski definition) is 1. The lowest BCUT2D eigenvalue weighted by Gasteiger charge is -2.21. The van der Waals surface area contributed by atoms with Crippen molar-refractivity contribution in [2.24, 2.45) is 0 Å². The number of carbonyl (C=O) groups excluding carboxylic acids is 1. The lowest BCUT2D eigenvalue weighted by Crippen LogP contribution is -2.31. The van der Waals surface area contributed by atoms with Crippen LogP contribution in [0, 0.1) is 0 Å². The number of nitrogens with one attached hydrogen (secondary N) is 1. The van der Waals surface area contributed by atoms with E-state index in [1.807, 2.05) is 39.0 Å². The van der Waals surface area contributed by atoms with Crippen molar-refractivity contribution >= 4 is 26.8 Å². The summed E-state index contributed by atoms with van der Waals surface area (Å²) in [5.74, 6) is -0.640. The lowest BCUT2D eigenvalue weighted by atomic mass is 9.87. The number of pyridine rings is 1. The van der Waals surface area contributed by atoms with Gasteiger partial charge >= 0.3 is 0 Å². The highest BCUT2D eigenvalue weighted by Crippen LogP contribution is 2.33. The Balaban J connectivity index is 1.65. The first-order valence-electron chi connectivity index (χ1n) is 10.9. The van der Waals surface area contributed by atoms with Gasteiger partial charge in [-0.1, -0.05) is 45.0 Å². The first-order valence-corrected chi connectivity index (χ1v) is 12.4. The second-order valence-electron chi connectivity index (χ2n) is 9.16. The van der Waals surface area contributed by atoms with Crippen LogP contribution >= 0.6 is 0 Å². The van der Waals surface area contributed by atoms with Gasteiger partial charge in [0.15, 0.2) is 0 Å². The molecule has 3 aromatic rings. The molecule has 0 spiro atoms. The molecule has 1 saturated heterocycles. The topological polar surface area (TPSA) is 94.6 Å². The third kappa shape index (κ3) is 4.72. The van der Waals surface area contributed by atoms with Gasteiger partial charge in [0.1, 0.15) is 16.3 Å². The average Bonchev–Trinajstić information content (AvgIpc) is 3.31. The fraction of sp³-hybridized carbons (Fsp3) is 0.360. The third-order valence-corrected chi connectivity index (χ3v) is 7.17. The predicted molar refractivity (Wildman–Crippen MR) is 126 cm³/mol. The zero-order chi connectivity index (χ0) is 23.8. The Morgan fingerprint density at radius 3 is 2.61 bits per heavy atom. The molecule has 0 saturated carbocycles. The Morgan fingerprint density at radius 2 is 1.94 bits per heavy atom. The van der Waals surface area contributed by atoms with Crippen molar-refractivity contribution < 1.29 is 22.7 Å². The molecule has 33 heavy (non-hydrogen) atoms. The van der Waals surface area contributed by atoms with Gasteiger partial charge in [-0.2, -0.15) is 0 Å². The van der Waals surface area contributed by atoms with Gasteiger partial charge in [-0.15, -0.1) is 0 Å². The van der Waals surface area contributed by atoms with Gasteiger partial charge in [-0.05, 0) is 53.6 Å². The Labute approximate surface area is 194 Å². The third-order valence-electron chi connectivity index (χ3n) is 5.82. The standard InChI is InChI=1S/C25H28N2O5S/c1-25(2,3)16-10-13-22(31-4)23(15-16)33(29,30)27-24(28)20-12-11-17-18(21-9-6-14-32-21)7-5-8-19(17)26-20/h5,7-8,10-13,15,21H,6,9,14H2,1-4H3,(H,27,28). The van der Waals surface area contributed by atoms with E-state index in [9.17, 15) is 13.2 Å². The predicted octanol–water partition coefficient (Wildman–Crippen LogP) is 4.51. The number of nitrogens with zero attached hydrogens (tertiary/aromatic N) is 1. The van der Waals surface area contributed by atoms with Crippen molar-refractivity contribution in [2.75, 3.05) is 13.7 Å². The van der Waals surface area contributed by atoms with Crippen LogP contribution < -0.4 is 9.46 Å². The minimum atomic E-state index is -4.19.